The first-order valence-electron chi connectivity index (χ1n) is 10.9. The number of hydrogen-bond donors (Lipinski definition) is 1. The van der Waals surface area contributed by atoms with Crippen LogP contribution in [0.2, 0.25) is 10.0 Å². The summed E-state index contributed by atoms with van der Waals surface area (Å²) in [5, 5.41) is 5.09. The van der Waals surface area contributed by atoms with Gasteiger partial charge in [-0.25, -0.2) is 9.78 Å². The summed E-state index contributed by atoms with van der Waals surface area (Å²) in [6, 6.07) is 14.4. The van der Waals surface area contributed by atoms with E-state index < -0.39 is 5.97 Å². The summed E-state index contributed by atoms with van der Waals surface area (Å²) in [7, 11) is 1.36. The number of aryl methyl sites for hydroxylation is 1. The molecule has 2 aromatic heterocycles. The van der Waals surface area contributed by atoms with Crippen molar-refractivity contribution < 1.29 is 14.3 Å². The molecule has 0 spiro atoms. The van der Waals surface area contributed by atoms with Crippen LogP contribution in [0.15, 0.2) is 48.5 Å². The zero-order chi connectivity index (χ0) is 23.8. The van der Waals surface area contributed by atoms with Crippen LogP contribution in [-0.4, -0.2) is 24.0 Å². The number of carbonyl (C=O) groups is 2. The van der Waals surface area contributed by atoms with E-state index in [1.54, 1.807) is 18.2 Å². The summed E-state index contributed by atoms with van der Waals surface area (Å²) in [6.07, 6.45) is 3.80. The number of nitrogens with zero attached hydrogens (tertiary/aromatic N) is 1. The summed E-state index contributed by atoms with van der Waals surface area (Å²) in [5.41, 5.74) is 3.94. The average Bonchev–Trinajstić information content (AvgIpc) is 3.22. The summed E-state index contributed by atoms with van der Waals surface area (Å²) in [6.45, 7) is 0. The molecule has 1 N–H and O–H groups in total. The fourth-order valence-corrected chi connectivity index (χ4v) is 5.88. The number of aromatic nitrogens is 1. The Hall–Kier alpha value is -2.93. The molecule has 0 saturated carbocycles. The smallest absolute Gasteiger partial charge is 0.341 e. The molecule has 34 heavy (non-hydrogen) atoms. The number of anilines is 1. The Bertz CT molecular complexity index is 1450. The van der Waals surface area contributed by atoms with Gasteiger partial charge in [0.25, 0.3) is 5.91 Å². The van der Waals surface area contributed by atoms with Crippen molar-refractivity contribution in [2.24, 2.45) is 0 Å². The van der Waals surface area contributed by atoms with Crippen LogP contribution in [0.25, 0.3) is 22.2 Å². The molecule has 8 heteroatoms. The van der Waals surface area contributed by atoms with Gasteiger partial charge in [-0.3, -0.25) is 4.79 Å². The molecule has 1 amide bonds. The number of amides is 1. The van der Waals surface area contributed by atoms with Crippen molar-refractivity contribution in [1.29, 1.82) is 0 Å². The zero-order valence-corrected chi connectivity index (χ0v) is 20.6. The van der Waals surface area contributed by atoms with E-state index in [4.69, 9.17) is 32.9 Å². The third kappa shape index (κ3) is 4.17. The Morgan fingerprint density at radius 3 is 2.62 bits per heavy atom. The molecule has 1 aliphatic carbocycles. The van der Waals surface area contributed by atoms with Crippen LogP contribution in [0.5, 0.6) is 0 Å². The van der Waals surface area contributed by atoms with Crippen molar-refractivity contribution in [2.75, 3.05) is 12.4 Å². The van der Waals surface area contributed by atoms with Crippen molar-refractivity contribution in [3.05, 3.63) is 80.1 Å². The molecule has 2 aromatic carbocycles. The SMILES string of the molecule is COC(=O)c1c(NC(=O)c2cc(-c3ccc(Cl)c(Cl)c3)nc3ccccc23)sc2c1CCCC2. The van der Waals surface area contributed by atoms with Gasteiger partial charge in [0.15, 0.2) is 0 Å². The van der Waals surface area contributed by atoms with E-state index in [0.29, 0.717) is 42.8 Å². The molecular formula is C26H20Cl2N2O3S. The Balaban J connectivity index is 1.60. The van der Waals surface area contributed by atoms with Gasteiger partial charge in [-0.1, -0.05) is 47.5 Å². The number of benzene rings is 2. The maximum atomic E-state index is 13.6. The fourth-order valence-electron chi connectivity index (χ4n) is 4.31. The number of esters is 1. The second kappa shape index (κ2) is 9.37. The summed E-state index contributed by atoms with van der Waals surface area (Å²) < 4.78 is 5.04. The van der Waals surface area contributed by atoms with Gasteiger partial charge < -0.3 is 10.1 Å². The quantitative estimate of drug-likeness (QED) is 0.295. The molecule has 0 aliphatic heterocycles. The fraction of sp³-hybridized carbons (Fsp3) is 0.192. The van der Waals surface area contributed by atoms with E-state index >= 15 is 0 Å². The Morgan fingerprint density at radius 1 is 1.03 bits per heavy atom. The van der Waals surface area contributed by atoms with Gasteiger partial charge in [0.2, 0.25) is 0 Å². The topological polar surface area (TPSA) is 68.3 Å². The Labute approximate surface area is 210 Å². The number of carbonyl (C=O) groups excluding carboxylic acids is 2. The molecule has 5 nitrogen and oxygen atoms in total. The highest BCUT2D eigenvalue weighted by Crippen LogP contribution is 2.39. The number of rotatable bonds is 4. The molecule has 172 valence electrons. The van der Waals surface area contributed by atoms with Gasteiger partial charge in [0.1, 0.15) is 5.00 Å². The Morgan fingerprint density at radius 2 is 1.82 bits per heavy atom. The lowest BCUT2D eigenvalue weighted by molar-refractivity contribution is 0.0601. The predicted molar refractivity (Wildman–Crippen MR) is 137 cm³/mol. The lowest BCUT2D eigenvalue weighted by Gasteiger charge is -2.12. The summed E-state index contributed by atoms with van der Waals surface area (Å²) in [4.78, 5) is 32.0. The molecule has 0 unspecified atom stereocenters. The molecule has 0 saturated heterocycles. The van der Waals surface area contributed by atoms with Crippen LogP contribution < -0.4 is 5.32 Å². The average molecular weight is 511 g/mol. The van der Waals surface area contributed by atoms with Crippen molar-refractivity contribution in [3.8, 4) is 11.3 Å². The van der Waals surface area contributed by atoms with Gasteiger partial charge in [0, 0.05) is 15.8 Å². The van der Waals surface area contributed by atoms with Crippen molar-refractivity contribution in [3.63, 3.8) is 0 Å². The van der Waals surface area contributed by atoms with Crippen LogP contribution >= 0.6 is 34.5 Å². The molecule has 2 heterocycles. The number of pyridine rings is 1. The van der Waals surface area contributed by atoms with Crippen LogP contribution in [0.4, 0.5) is 5.00 Å². The van der Waals surface area contributed by atoms with E-state index in [9.17, 15) is 9.59 Å². The van der Waals surface area contributed by atoms with Crippen LogP contribution in [0, 0.1) is 0 Å². The Kier molecular flexibility index (Phi) is 6.30. The lowest BCUT2D eigenvalue weighted by atomic mass is 9.95. The second-order valence-electron chi connectivity index (χ2n) is 8.06. The number of ether oxygens (including phenoxy) is 1. The van der Waals surface area contributed by atoms with Crippen molar-refractivity contribution in [2.45, 2.75) is 25.7 Å². The number of halogens is 2. The molecule has 5 rings (SSSR count). The first-order chi connectivity index (χ1) is 16.5. The summed E-state index contributed by atoms with van der Waals surface area (Å²) in [5.74, 6) is -0.741. The first-order valence-corrected chi connectivity index (χ1v) is 12.4. The van der Waals surface area contributed by atoms with Crippen LogP contribution in [0.1, 0.15) is 44.0 Å². The van der Waals surface area contributed by atoms with Crippen LogP contribution in [0.3, 0.4) is 0 Å². The van der Waals surface area contributed by atoms with Gasteiger partial charge in [-0.15, -0.1) is 11.3 Å². The van der Waals surface area contributed by atoms with Gasteiger partial charge >= 0.3 is 5.97 Å². The van der Waals surface area contributed by atoms with E-state index in [1.165, 1.54) is 18.4 Å². The largest absolute Gasteiger partial charge is 0.465 e. The highest BCUT2D eigenvalue weighted by molar-refractivity contribution is 7.17. The van der Waals surface area contributed by atoms with E-state index in [1.807, 2.05) is 30.3 Å². The maximum Gasteiger partial charge on any atom is 0.341 e. The third-order valence-electron chi connectivity index (χ3n) is 5.96. The minimum atomic E-state index is -0.425. The minimum absolute atomic E-state index is 0.316. The highest BCUT2D eigenvalue weighted by Gasteiger charge is 2.27. The predicted octanol–water partition coefficient (Wildman–Crippen LogP) is 7.19. The second-order valence-corrected chi connectivity index (χ2v) is 9.98. The number of para-hydroxylation sites is 1. The molecule has 0 radical (unpaired) electrons. The maximum absolute atomic E-state index is 13.6. The lowest BCUT2D eigenvalue weighted by Crippen LogP contribution is -2.16. The first kappa shape index (κ1) is 22.8. The molecule has 0 bridgehead atoms. The number of methoxy groups -OCH3 is 1. The highest BCUT2D eigenvalue weighted by atomic mass is 35.5. The summed E-state index contributed by atoms with van der Waals surface area (Å²) >= 11 is 13.8. The molecular weight excluding hydrogens is 491 g/mol. The monoisotopic (exact) mass is 510 g/mol. The number of nitrogens with one attached hydrogen (secondary N) is 1. The zero-order valence-electron chi connectivity index (χ0n) is 18.3. The minimum Gasteiger partial charge on any atom is -0.465 e. The molecule has 0 fully saturated rings. The molecule has 0 atom stereocenters. The standard InChI is InChI=1S/C26H20Cl2N2O3S/c1-33-26(32)23-16-7-3-5-9-22(16)34-25(23)30-24(31)17-13-21(14-10-11-18(27)19(28)12-14)29-20-8-4-2-6-15(17)20/h2,4,6,8,10-13H,3,5,7,9H2,1H3,(H,30,31). The number of fused-ring (bicyclic) bond motifs is 2. The van der Waals surface area contributed by atoms with Gasteiger partial charge in [-0.05, 0) is 55.5 Å². The van der Waals surface area contributed by atoms with Gasteiger partial charge in [-0.2, -0.15) is 0 Å². The molecule has 1 aliphatic rings. The van der Waals surface area contributed by atoms with E-state index in [2.05, 4.69) is 5.32 Å². The van der Waals surface area contributed by atoms with E-state index in [0.717, 1.165) is 41.7 Å². The van der Waals surface area contributed by atoms with Gasteiger partial charge in [0.05, 0.1) is 39.5 Å². The van der Waals surface area contributed by atoms with E-state index in [-0.39, 0.29) is 5.91 Å². The van der Waals surface area contributed by atoms with Crippen molar-refractivity contribution in [1.82, 2.24) is 4.98 Å². The number of thiophene rings is 1. The third-order valence-corrected chi connectivity index (χ3v) is 7.91. The molecule has 4 aromatic rings. The van der Waals surface area contributed by atoms with Crippen LogP contribution in [-0.2, 0) is 17.6 Å². The normalized spacial score (nSPS) is 12.9. The number of hydrogen-bond acceptors (Lipinski definition) is 5. The van der Waals surface area contributed by atoms with Crippen molar-refractivity contribution >= 4 is 62.3 Å².